The van der Waals surface area contributed by atoms with Crippen LogP contribution in [-0.4, -0.2) is 54.5 Å². The molecule has 0 unspecified atom stereocenters. The molecule has 0 aliphatic heterocycles. The van der Waals surface area contributed by atoms with Crippen molar-refractivity contribution in [2.24, 2.45) is 0 Å². The minimum atomic E-state index is -0.527. The van der Waals surface area contributed by atoms with Crippen molar-refractivity contribution in [3.8, 4) is 0 Å². The fraction of sp³-hybridized carbons (Fsp3) is 0.615. The highest BCUT2D eigenvalue weighted by Crippen LogP contribution is 2.17. The first-order chi connectivity index (χ1) is 9.49. The summed E-state index contributed by atoms with van der Waals surface area (Å²) in [7, 11) is 3.33. The third kappa shape index (κ3) is 4.32. The van der Waals surface area contributed by atoms with Crippen LogP contribution in [0.2, 0.25) is 0 Å². The van der Waals surface area contributed by atoms with E-state index in [1.54, 1.807) is 19.0 Å². The van der Waals surface area contributed by atoms with Gasteiger partial charge in [-0.2, -0.15) is 4.98 Å². The predicted octanol–water partition coefficient (Wildman–Crippen LogP) is 1.35. The Bertz CT molecular complexity index is 452. The van der Waals surface area contributed by atoms with Crippen molar-refractivity contribution in [3.05, 3.63) is 12.0 Å². The Morgan fingerprint density at radius 3 is 2.65 bits per heavy atom. The number of anilines is 2. The van der Waals surface area contributed by atoms with E-state index in [-0.39, 0.29) is 18.3 Å². The second-order valence-electron chi connectivity index (χ2n) is 4.59. The predicted molar refractivity (Wildman–Crippen MR) is 77.4 cm³/mol. The number of carbonyl (C=O) groups excluding carboxylic acids is 1. The zero-order valence-electron chi connectivity index (χ0n) is 12.5. The molecule has 0 radical (unpaired) electrons. The average molecular weight is 283 g/mol. The van der Waals surface area contributed by atoms with Crippen LogP contribution < -0.4 is 10.2 Å². The van der Waals surface area contributed by atoms with Gasteiger partial charge in [0, 0.05) is 27.2 Å². The monoisotopic (exact) mass is 283 g/mol. The molecule has 1 heterocycles. The molecule has 6 nitrogen and oxygen atoms in total. The maximum Gasteiger partial charge on any atom is 0.241 e. The van der Waals surface area contributed by atoms with Crippen LogP contribution in [0.4, 0.5) is 16.2 Å². The summed E-state index contributed by atoms with van der Waals surface area (Å²) in [6, 6.07) is 0. The summed E-state index contributed by atoms with van der Waals surface area (Å²) >= 11 is 0. The summed E-state index contributed by atoms with van der Waals surface area (Å²) in [5, 5.41) is 3.01. The zero-order valence-corrected chi connectivity index (χ0v) is 12.5. The van der Waals surface area contributed by atoms with Gasteiger partial charge in [-0.3, -0.25) is 4.79 Å². The molecular weight excluding hydrogens is 261 g/mol. The molecule has 0 aliphatic carbocycles. The number of rotatable bonds is 7. The molecule has 0 aromatic carbocycles. The van der Waals surface area contributed by atoms with Crippen LogP contribution in [0, 0.1) is 5.82 Å². The van der Waals surface area contributed by atoms with Gasteiger partial charge in [0.05, 0.1) is 12.7 Å². The fourth-order valence-electron chi connectivity index (χ4n) is 1.54. The van der Waals surface area contributed by atoms with Crippen molar-refractivity contribution < 1.29 is 9.18 Å². The lowest BCUT2D eigenvalue weighted by molar-refractivity contribution is -0.127. The van der Waals surface area contributed by atoms with E-state index in [9.17, 15) is 9.18 Å². The normalized spacial score (nSPS) is 10.2. The van der Waals surface area contributed by atoms with Crippen LogP contribution in [-0.2, 0) is 4.79 Å². The molecule has 0 bridgehead atoms. The van der Waals surface area contributed by atoms with Crippen molar-refractivity contribution in [1.82, 2.24) is 14.9 Å². The Labute approximate surface area is 119 Å². The first kappa shape index (κ1) is 16.1. The number of nitrogens with zero attached hydrogens (tertiary/aromatic N) is 4. The van der Waals surface area contributed by atoms with E-state index < -0.39 is 5.82 Å². The van der Waals surface area contributed by atoms with Gasteiger partial charge in [-0.05, 0) is 13.3 Å². The summed E-state index contributed by atoms with van der Waals surface area (Å²) in [4.78, 5) is 22.9. The van der Waals surface area contributed by atoms with Gasteiger partial charge in [-0.25, -0.2) is 9.37 Å². The molecule has 0 atom stereocenters. The van der Waals surface area contributed by atoms with Crippen LogP contribution in [0.3, 0.4) is 0 Å². The van der Waals surface area contributed by atoms with Gasteiger partial charge in [-0.1, -0.05) is 6.92 Å². The molecule has 0 saturated carbocycles. The minimum absolute atomic E-state index is 0.0879. The largest absolute Gasteiger partial charge is 0.354 e. The lowest BCUT2D eigenvalue weighted by atomic mass is 10.4. The summed E-state index contributed by atoms with van der Waals surface area (Å²) in [5.74, 6) is -0.108. The Balaban J connectivity index is 2.92. The van der Waals surface area contributed by atoms with E-state index in [4.69, 9.17) is 0 Å². The first-order valence-electron chi connectivity index (χ1n) is 6.71. The SMILES string of the molecule is CCCNc1ncc(F)c(N(CC)CC(=O)N(C)C)n1. The molecule has 112 valence electrons. The van der Waals surface area contributed by atoms with Crippen LogP contribution in [0.5, 0.6) is 0 Å². The summed E-state index contributed by atoms with van der Waals surface area (Å²) in [6.07, 6.45) is 2.05. The number of hydrogen-bond donors (Lipinski definition) is 1. The molecule has 0 spiro atoms. The maximum absolute atomic E-state index is 13.9. The van der Waals surface area contributed by atoms with Crippen molar-refractivity contribution in [2.75, 3.05) is 43.9 Å². The van der Waals surface area contributed by atoms with Crippen LogP contribution in [0.25, 0.3) is 0 Å². The van der Waals surface area contributed by atoms with Crippen molar-refractivity contribution in [1.29, 1.82) is 0 Å². The van der Waals surface area contributed by atoms with Gasteiger partial charge in [0.1, 0.15) is 0 Å². The van der Waals surface area contributed by atoms with Gasteiger partial charge >= 0.3 is 0 Å². The van der Waals surface area contributed by atoms with E-state index in [1.807, 2.05) is 13.8 Å². The lowest BCUT2D eigenvalue weighted by Crippen LogP contribution is -2.37. The first-order valence-corrected chi connectivity index (χ1v) is 6.71. The molecule has 0 aliphatic rings. The number of nitrogens with one attached hydrogen (secondary N) is 1. The molecule has 20 heavy (non-hydrogen) atoms. The van der Waals surface area contributed by atoms with E-state index >= 15 is 0 Å². The molecule has 1 rings (SSSR count). The van der Waals surface area contributed by atoms with Crippen molar-refractivity contribution in [2.45, 2.75) is 20.3 Å². The molecular formula is C13H22FN5O. The second kappa shape index (κ2) is 7.62. The number of aromatic nitrogens is 2. The van der Waals surface area contributed by atoms with E-state index in [2.05, 4.69) is 15.3 Å². The van der Waals surface area contributed by atoms with E-state index in [1.165, 1.54) is 4.90 Å². The van der Waals surface area contributed by atoms with Gasteiger partial charge in [-0.15, -0.1) is 0 Å². The Hall–Kier alpha value is -1.92. The van der Waals surface area contributed by atoms with Gasteiger partial charge in [0.25, 0.3) is 0 Å². The lowest BCUT2D eigenvalue weighted by Gasteiger charge is -2.23. The maximum atomic E-state index is 13.9. The van der Waals surface area contributed by atoms with Crippen molar-refractivity contribution in [3.63, 3.8) is 0 Å². The Morgan fingerprint density at radius 2 is 2.10 bits per heavy atom. The van der Waals surface area contributed by atoms with Crippen LogP contribution >= 0.6 is 0 Å². The molecule has 1 aromatic rings. The number of hydrogen-bond acceptors (Lipinski definition) is 5. The van der Waals surface area contributed by atoms with Crippen LogP contribution in [0.15, 0.2) is 6.20 Å². The highest BCUT2D eigenvalue weighted by molar-refractivity contribution is 5.80. The molecule has 7 heteroatoms. The summed E-state index contributed by atoms with van der Waals surface area (Å²) in [6.45, 7) is 5.16. The third-order valence-electron chi connectivity index (χ3n) is 2.76. The minimum Gasteiger partial charge on any atom is -0.354 e. The van der Waals surface area contributed by atoms with E-state index in [0.717, 1.165) is 12.6 Å². The third-order valence-corrected chi connectivity index (χ3v) is 2.76. The molecule has 1 aromatic heterocycles. The summed E-state index contributed by atoms with van der Waals surface area (Å²) in [5.41, 5.74) is 0. The van der Waals surface area contributed by atoms with Crippen molar-refractivity contribution >= 4 is 17.7 Å². The molecule has 0 saturated heterocycles. The smallest absolute Gasteiger partial charge is 0.241 e. The number of likely N-dealkylation sites (N-methyl/N-ethyl adjacent to an activating group) is 2. The second-order valence-corrected chi connectivity index (χ2v) is 4.59. The zero-order chi connectivity index (χ0) is 15.1. The highest BCUT2D eigenvalue weighted by atomic mass is 19.1. The quantitative estimate of drug-likeness (QED) is 0.818. The Morgan fingerprint density at radius 1 is 1.40 bits per heavy atom. The van der Waals surface area contributed by atoms with Gasteiger partial charge in [0.2, 0.25) is 11.9 Å². The van der Waals surface area contributed by atoms with E-state index in [0.29, 0.717) is 19.0 Å². The summed E-state index contributed by atoms with van der Waals surface area (Å²) < 4.78 is 13.9. The highest BCUT2D eigenvalue weighted by Gasteiger charge is 2.17. The fourth-order valence-corrected chi connectivity index (χ4v) is 1.54. The van der Waals surface area contributed by atoms with Gasteiger partial charge in [0.15, 0.2) is 11.6 Å². The molecule has 1 amide bonds. The number of carbonyl (C=O) groups is 1. The number of halogens is 1. The molecule has 0 fully saturated rings. The topological polar surface area (TPSA) is 61.4 Å². The Kier molecular flexibility index (Phi) is 6.14. The standard InChI is InChI=1S/C13H22FN5O/c1-5-7-15-13-16-8-10(14)12(17-13)19(6-2)9-11(20)18(3)4/h8H,5-7,9H2,1-4H3,(H,15,16,17). The average Bonchev–Trinajstić information content (AvgIpc) is 2.43. The molecule has 1 N–H and O–H groups in total. The van der Waals surface area contributed by atoms with Crippen LogP contribution in [0.1, 0.15) is 20.3 Å². The number of amides is 1. The van der Waals surface area contributed by atoms with Gasteiger partial charge < -0.3 is 15.1 Å².